The van der Waals surface area contributed by atoms with Gasteiger partial charge in [-0.15, -0.1) is 0 Å². The van der Waals surface area contributed by atoms with Gasteiger partial charge >= 0.3 is 5.97 Å². The zero-order valence-electron chi connectivity index (χ0n) is 15.3. The molecule has 5 nitrogen and oxygen atoms in total. The Kier molecular flexibility index (Phi) is 7.55. The maximum absolute atomic E-state index is 13.0. The molecule has 0 aliphatic heterocycles. The van der Waals surface area contributed by atoms with Gasteiger partial charge in [0.2, 0.25) is 0 Å². The number of carbonyl (C=O) groups excluding carboxylic acids is 2. The Morgan fingerprint density at radius 2 is 1.96 bits per heavy atom. The second-order valence-electron chi connectivity index (χ2n) is 5.96. The molecule has 0 atom stereocenters. The average Bonchev–Trinajstić information content (AvgIpc) is 2.63. The zero-order chi connectivity index (χ0) is 19.6. The van der Waals surface area contributed by atoms with E-state index in [0.29, 0.717) is 18.7 Å². The van der Waals surface area contributed by atoms with Crippen LogP contribution in [-0.4, -0.2) is 31.6 Å². The van der Waals surface area contributed by atoms with Crippen LogP contribution in [0.2, 0.25) is 0 Å². The summed E-state index contributed by atoms with van der Waals surface area (Å²) in [5, 5.41) is 2.61. The first kappa shape index (κ1) is 20.2. The van der Waals surface area contributed by atoms with Crippen LogP contribution in [0.25, 0.3) is 6.08 Å². The minimum Gasteiger partial charge on any atom is -0.491 e. The second kappa shape index (κ2) is 10.1. The van der Waals surface area contributed by atoms with Crippen molar-refractivity contribution in [1.82, 2.24) is 5.32 Å². The van der Waals surface area contributed by atoms with Gasteiger partial charge in [0.05, 0.1) is 6.54 Å². The molecule has 1 N–H and O–H groups in total. The number of halogens is 1. The molecular weight excluding hydrogens is 349 g/mol. The molecule has 0 unspecified atom stereocenters. The molecule has 0 aromatic heterocycles. The van der Waals surface area contributed by atoms with Crippen molar-refractivity contribution in [2.75, 3.05) is 19.8 Å². The number of benzene rings is 2. The molecule has 1 amide bonds. The van der Waals surface area contributed by atoms with E-state index in [2.05, 4.69) is 5.32 Å². The van der Waals surface area contributed by atoms with Crippen molar-refractivity contribution in [3.05, 3.63) is 71.0 Å². The molecule has 0 heterocycles. The third-order valence-corrected chi connectivity index (χ3v) is 3.62. The third kappa shape index (κ3) is 7.32. The van der Waals surface area contributed by atoms with E-state index in [-0.39, 0.29) is 0 Å². The van der Waals surface area contributed by atoms with Crippen molar-refractivity contribution in [3.8, 4) is 5.75 Å². The molecule has 0 fully saturated rings. The minimum absolute atomic E-state index is 0.294. The lowest BCUT2D eigenvalue weighted by Crippen LogP contribution is -2.32. The normalized spacial score (nSPS) is 10.6. The molecule has 0 aliphatic rings. The highest BCUT2D eigenvalue weighted by atomic mass is 19.1. The highest BCUT2D eigenvalue weighted by Crippen LogP contribution is 2.18. The van der Waals surface area contributed by atoms with Gasteiger partial charge in [0.25, 0.3) is 5.91 Å². The Hall–Kier alpha value is -3.15. The van der Waals surface area contributed by atoms with E-state index in [4.69, 9.17) is 9.47 Å². The molecule has 2 rings (SSSR count). The molecule has 0 radical (unpaired) electrons. The van der Waals surface area contributed by atoms with Crippen LogP contribution < -0.4 is 10.1 Å². The summed E-state index contributed by atoms with van der Waals surface area (Å²) in [7, 11) is 0. The lowest BCUT2D eigenvalue weighted by Gasteiger charge is -2.10. The molecule has 27 heavy (non-hydrogen) atoms. The molecule has 0 spiro atoms. The van der Waals surface area contributed by atoms with Crippen molar-refractivity contribution in [1.29, 1.82) is 0 Å². The van der Waals surface area contributed by atoms with Crippen LogP contribution >= 0.6 is 0 Å². The molecule has 0 aliphatic carbocycles. The van der Waals surface area contributed by atoms with Crippen LogP contribution in [0.15, 0.2) is 48.5 Å². The smallest absolute Gasteiger partial charge is 0.331 e. The van der Waals surface area contributed by atoms with Gasteiger partial charge in [-0.25, -0.2) is 9.18 Å². The van der Waals surface area contributed by atoms with Crippen LogP contribution in [0.5, 0.6) is 5.75 Å². The number of ether oxygens (including phenoxy) is 2. The van der Waals surface area contributed by atoms with E-state index in [1.807, 2.05) is 32.0 Å². The van der Waals surface area contributed by atoms with Crippen LogP contribution in [0.1, 0.15) is 16.7 Å². The fourth-order valence-corrected chi connectivity index (χ4v) is 2.32. The first-order chi connectivity index (χ1) is 12.9. The third-order valence-electron chi connectivity index (χ3n) is 3.62. The van der Waals surface area contributed by atoms with Crippen molar-refractivity contribution in [2.24, 2.45) is 0 Å². The topological polar surface area (TPSA) is 64.6 Å². The Balaban J connectivity index is 1.64. The largest absolute Gasteiger partial charge is 0.491 e. The fraction of sp³-hybridized carbons (Fsp3) is 0.238. The van der Waals surface area contributed by atoms with Crippen LogP contribution in [0, 0.1) is 19.7 Å². The van der Waals surface area contributed by atoms with Gasteiger partial charge in [-0.3, -0.25) is 4.79 Å². The second-order valence-corrected chi connectivity index (χ2v) is 5.96. The van der Waals surface area contributed by atoms with Gasteiger partial charge in [0.1, 0.15) is 18.2 Å². The predicted octanol–water partition coefficient (Wildman–Crippen LogP) is 3.19. The predicted molar refractivity (Wildman–Crippen MR) is 101 cm³/mol. The van der Waals surface area contributed by atoms with Gasteiger partial charge < -0.3 is 14.8 Å². The summed E-state index contributed by atoms with van der Waals surface area (Å²) in [6.45, 7) is 4.17. The molecule has 142 valence electrons. The maximum atomic E-state index is 13.0. The number of hydrogen-bond donors (Lipinski definition) is 1. The number of rotatable bonds is 8. The fourth-order valence-electron chi connectivity index (χ4n) is 2.32. The molecular formula is C21H22FNO4. The van der Waals surface area contributed by atoms with Crippen LogP contribution in [-0.2, 0) is 14.3 Å². The van der Waals surface area contributed by atoms with Crippen LogP contribution in [0.4, 0.5) is 4.39 Å². The van der Waals surface area contributed by atoms with Gasteiger partial charge in [-0.1, -0.05) is 29.8 Å². The number of carbonyl (C=O) groups is 2. The zero-order valence-corrected chi connectivity index (χ0v) is 15.3. The summed E-state index contributed by atoms with van der Waals surface area (Å²) in [4.78, 5) is 23.2. The first-order valence-corrected chi connectivity index (χ1v) is 8.51. The van der Waals surface area contributed by atoms with E-state index in [0.717, 1.165) is 23.0 Å². The lowest BCUT2D eigenvalue weighted by molar-refractivity contribution is -0.143. The Bertz CT molecular complexity index is 833. The van der Waals surface area contributed by atoms with E-state index in [1.165, 1.54) is 24.3 Å². The summed E-state index contributed by atoms with van der Waals surface area (Å²) in [5.41, 5.74) is 2.71. The number of aryl methyl sites for hydroxylation is 2. The number of nitrogens with one attached hydrogen (secondary N) is 1. The summed E-state index contributed by atoms with van der Waals surface area (Å²) in [6.07, 6.45) is 2.56. The summed E-state index contributed by atoms with van der Waals surface area (Å²) >= 11 is 0. The van der Waals surface area contributed by atoms with Gasteiger partial charge in [0, 0.05) is 6.08 Å². The number of hydrogen-bond acceptors (Lipinski definition) is 4. The highest BCUT2D eigenvalue weighted by Gasteiger charge is 2.05. The quantitative estimate of drug-likeness (QED) is 0.440. The summed E-state index contributed by atoms with van der Waals surface area (Å²) in [5.74, 6) is -0.732. The Morgan fingerprint density at radius 3 is 2.70 bits per heavy atom. The lowest BCUT2D eigenvalue weighted by atomic mass is 10.1. The van der Waals surface area contributed by atoms with Crippen molar-refractivity contribution in [3.63, 3.8) is 0 Å². The molecule has 2 aromatic rings. The average molecular weight is 371 g/mol. The SMILES string of the molecule is Cc1ccc(OCCNC(=O)COC(=O)/C=C/c2cccc(F)c2)c(C)c1. The number of esters is 1. The highest BCUT2D eigenvalue weighted by molar-refractivity contribution is 5.89. The minimum atomic E-state index is -0.680. The van der Waals surface area contributed by atoms with Gasteiger partial charge in [-0.2, -0.15) is 0 Å². The van der Waals surface area contributed by atoms with Gasteiger partial charge in [0.15, 0.2) is 6.61 Å². The summed E-state index contributed by atoms with van der Waals surface area (Å²) in [6, 6.07) is 11.6. The van der Waals surface area contributed by atoms with Crippen LogP contribution in [0.3, 0.4) is 0 Å². The van der Waals surface area contributed by atoms with E-state index in [9.17, 15) is 14.0 Å². The number of amides is 1. The molecule has 0 saturated heterocycles. The van der Waals surface area contributed by atoms with E-state index < -0.39 is 24.3 Å². The first-order valence-electron chi connectivity index (χ1n) is 8.51. The van der Waals surface area contributed by atoms with Crippen molar-refractivity contribution < 1.29 is 23.5 Å². The van der Waals surface area contributed by atoms with Gasteiger partial charge in [-0.05, 0) is 49.2 Å². The van der Waals surface area contributed by atoms with Crippen molar-refractivity contribution in [2.45, 2.75) is 13.8 Å². The molecule has 2 aromatic carbocycles. The Labute approximate surface area is 157 Å². The van der Waals surface area contributed by atoms with Crippen molar-refractivity contribution >= 4 is 18.0 Å². The molecule has 0 saturated carbocycles. The molecule has 6 heteroatoms. The van der Waals surface area contributed by atoms with E-state index in [1.54, 1.807) is 6.07 Å². The summed E-state index contributed by atoms with van der Waals surface area (Å²) < 4.78 is 23.5. The standard InChI is InChI=1S/C21H22FNO4/c1-15-6-8-19(16(2)12-15)26-11-10-23-20(24)14-27-21(25)9-7-17-4-3-5-18(22)13-17/h3-9,12-13H,10-11,14H2,1-2H3,(H,23,24)/b9-7+. The Morgan fingerprint density at radius 1 is 1.15 bits per heavy atom. The maximum Gasteiger partial charge on any atom is 0.331 e. The molecule has 0 bridgehead atoms. The van der Waals surface area contributed by atoms with E-state index >= 15 is 0 Å². The monoisotopic (exact) mass is 371 g/mol.